The van der Waals surface area contributed by atoms with E-state index in [1.165, 1.54) is 15.3 Å². The Morgan fingerprint density at radius 2 is 2.05 bits per heavy atom. The molecule has 2 fully saturated rings. The topological polar surface area (TPSA) is 44.5 Å². The molecule has 1 aromatic rings. The smallest absolute Gasteiger partial charge is 0.0729 e. The third-order valence-corrected chi connectivity index (χ3v) is 6.21. The Balaban J connectivity index is 1.72. The number of hydrogen-bond donors (Lipinski definition) is 1. The van der Waals surface area contributed by atoms with E-state index in [2.05, 4.69) is 19.9 Å². The Bertz CT molecular complexity index is 440. The Morgan fingerprint density at radius 3 is 2.70 bits per heavy atom. The Morgan fingerprint density at radius 1 is 1.30 bits per heavy atom. The summed E-state index contributed by atoms with van der Waals surface area (Å²) in [5, 5.41) is 0. The van der Waals surface area contributed by atoms with Crippen molar-refractivity contribution in [1.29, 1.82) is 0 Å². The Hall–Kier alpha value is -0.420. The van der Waals surface area contributed by atoms with E-state index in [1.54, 1.807) is 0 Å². The molecule has 2 atom stereocenters. The van der Waals surface area contributed by atoms with Crippen LogP contribution in [-0.2, 0) is 9.47 Å². The van der Waals surface area contributed by atoms with Crippen molar-refractivity contribution in [3.05, 3.63) is 21.4 Å². The molecule has 1 spiro atoms. The summed E-state index contributed by atoms with van der Waals surface area (Å²) in [5.74, 6) is 0.541. The normalized spacial score (nSPS) is 27.6. The van der Waals surface area contributed by atoms with E-state index < -0.39 is 0 Å². The molecule has 2 saturated heterocycles. The second kappa shape index (κ2) is 5.76. The van der Waals surface area contributed by atoms with Gasteiger partial charge < -0.3 is 15.2 Å². The van der Waals surface area contributed by atoms with Gasteiger partial charge in [-0.2, -0.15) is 0 Å². The van der Waals surface area contributed by atoms with E-state index >= 15 is 0 Å². The Labute approximate surface area is 125 Å². The molecule has 2 N–H and O–H groups in total. The molecule has 0 amide bonds. The molecule has 3 rings (SSSR count). The van der Waals surface area contributed by atoms with Crippen LogP contribution in [0.1, 0.15) is 47.0 Å². The van der Waals surface area contributed by atoms with Crippen molar-refractivity contribution in [3.8, 4) is 0 Å². The molecule has 3 nitrogen and oxygen atoms in total. The fraction of sp³-hybridized carbons (Fsp3) is 0.750. The molecular formula is C16H25NO2S. The second-order valence-electron chi connectivity index (χ2n) is 6.31. The molecule has 0 aliphatic carbocycles. The van der Waals surface area contributed by atoms with Gasteiger partial charge in [-0.3, -0.25) is 0 Å². The van der Waals surface area contributed by atoms with Gasteiger partial charge in [0.15, 0.2) is 0 Å². The molecule has 0 radical (unpaired) electrons. The highest BCUT2D eigenvalue weighted by molar-refractivity contribution is 7.12. The minimum Gasteiger partial charge on any atom is -0.381 e. The number of aryl methyl sites for hydroxylation is 2. The molecule has 20 heavy (non-hydrogen) atoms. The van der Waals surface area contributed by atoms with E-state index in [-0.39, 0.29) is 11.6 Å². The molecule has 112 valence electrons. The highest BCUT2D eigenvalue weighted by Crippen LogP contribution is 2.42. The van der Waals surface area contributed by atoms with Crippen LogP contribution in [0.4, 0.5) is 0 Å². The minimum absolute atomic E-state index is 0.0418. The average Bonchev–Trinajstić information content (AvgIpc) is 2.79. The van der Waals surface area contributed by atoms with Gasteiger partial charge in [0.05, 0.1) is 5.60 Å². The molecule has 2 aliphatic rings. The van der Waals surface area contributed by atoms with Crippen molar-refractivity contribution >= 4 is 11.3 Å². The third-order valence-electron chi connectivity index (χ3n) is 4.96. The zero-order valence-electron chi connectivity index (χ0n) is 12.5. The molecular weight excluding hydrogens is 270 g/mol. The van der Waals surface area contributed by atoms with Crippen LogP contribution < -0.4 is 5.73 Å². The van der Waals surface area contributed by atoms with Crippen LogP contribution >= 0.6 is 11.3 Å². The molecule has 1 aromatic heterocycles. The van der Waals surface area contributed by atoms with Crippen LogP contribution in [0.15, 0.2) is 6.07 Å². The molecule has 2 aliphatic heterocycles. The SMILES string of the molecule is Cc1cc(C(N)C2CCOC3(CCOCC3)C2)sc1C. The van der Waals surface area contributed by atoms with Crippen LogP contribution in [0.2, 0.25) is 0 Å². The van der Waals surface area contributed by atoms with Crippen molar-refractivity contribution in [2.75, 3.05) is 19.8 Å². The van der Waals surface area contributed by atoms with Gasteiger partial charge in [0.25, 0.3) is 0 Å². The van der Waals surface area contributed by atoms with Gasteiger partial charge in [-0.25, -0.2) is 0 Å². The van der Waals surface area contributed by atoms with Gasteiger partial charge >= 0.3 is 0 Å². The lowest BCUT2D eigenvalue weighted by Crippen LogP contribution is -2.46. The van der Waals surface area contributed by atoms with E-state index in [1.807, 2.05) is 11.3 Å². The highest BCUT2D eigenvalue weighted by atomic mass is 32.1. The molecule has 3 heterocycles. The molecule has 0 bridgehead atoms. The van der Waals surface area contributed by atoms with Crippen molar-refractivity contribution in [1.82, 2.24) is 0 Å². The monoisotopic (exact) mass is 295 g/mol. The van der Waals surface area contributed by atoms with Gasteiger partial charge in [-0.05, 0) is 57.1 Å². The van der Waals surface area contributed by atoms with Gasteiger partial charge in [0.1, 0.15) is 0 Å². The van der Waals surface area contributed by atoms with Crippen LogP contribution in [0.5, 0.6) is 0 Å². The van der Waals surface area contributed by atoms with Crippen LogP contribution in [0, 0.1) is 19.8 Å². The quantitative estimate of drug-likeness (QED) is 0.910. The molecule has 0 aromatic carbocycles. The summed E-state index contributed by atoms with van der Waals surface area (Å²) in [6, 6.07) is 2.44. The highest BCUT2D eigenvalue weighted by Gasteiger charge is 2.41. The summed E-state index contributed by atoms with van der Waals surface area (Å²) >= 11 is 1.86. The summed E-state index contributed by atoms with van der Waals surface area (Å²) in [6.45, 7) is 6.87. The van der Waals surface area contributed by atoms with Crippen molar-refractivity contribution in [3.63, 3.8) is 0 Å². The largest absolute Gasteiger partial charge is 0.381 e. The van der Waals surface area contributed by atoms with Crippen LogP contribution in [0.3, 0.4) is 0 Å². The first kappa shape index (κ1) is 14.5. The lowest BCUT2D eigenvalue weighted by Gasteiger charge is -2.44. The molecule has 4 heteroatoms. The minimum atomic E-state index is 0.0418. The maximum Gasteiger partial charge on any atom is 0.0729 e. The van der Waals surface area contributed by atoms with Crippen molar-refractivity contribution in [2.45, 2.75) is 51.2 Å². The van der Waals surface area contributed by atoms with Gasteiger partial charge in [0, 0.05) is 35.6 Å². The maximum atomic E-state index is 6.57. The van der Waals surface area contributed by atoms with E-state index in [0.717, 1.165) is 45.5 Å². The molecule has 0 saturated carbocycles. The average molecular weight is 295 g/mol. The predicted molar refractivity (Wildman–Crippen MR) is 82.2 cm³/mol. The second-order valence-corrected chi connectivity index (χ2v) is 7.60. The lowest BCUT2D eigenvalue weighted by atomic mass is 9.77. The first-order valence-corrected chi connectivity index (χ1v) is 8.45. The van der Waals surface area contributed by atoms with E-state index in [0.29, 0.717) is 5.92 Å². The number of rotatable bonds is 2. The van der Waals surface area contributed by atoms with E-state index in [9.17, 15) is 0 Å². The first-order chi connectivity index (χ1) is 9.60. The number of thiophene rings is 1. The fourth-order valence-corrected chi connectivity index (χ4v) is 4.60. The van der Waals surface area contributed by atoms with Crippen LogP contribution in [-0.4, -0.2) is 25.4 Å². The van der Waals surface area contributed by atoms with E-state index in [4.69, 9.17) is 15.2 Å². The lowest BCUT2D eigenvalue weighted by molar-refractivity contribution is -0.149. The summed E-state index contributed by atoms with van der Waals surface area (Å²) in [7, 11) is 0. The maximum absolute atomic E-state index is 6.57. The van der Waals surface area contributed by atoms with Gasteiger partial charge in [0.2, 0.25) is 0 Å². The number of ether oxygens (including phenoxy) is 2. The zero-order chi connectivity index (χ0) is 14.2. The third kappa shape index (κ3) is 2.80. The van der Waals surface area contributed by atoms with Crippen LogP contribution in [0.25, 0.3) is 0 Å². The van der Waals surface area contributed by atoms with Crippen molar-refractivity contribution < 1.29 is 9.47 Å². The van der Waals surface area contributed by atoms with Crippen molar-refractivity contribution in [2.24, 2.45) is 11.7 Å². The fourth-order valence-electron chi connectivity index (χ4n) is 3.46. The predicted octanol–water partition coefficient (Wildman–Crippen LogP) is 3.34. The summed E-state index contributed by atoms with van der Waals surface area (Å²) in [4.78, 5) is 2.73. The Kier molecular flexibility index (Phi) is 4.18. The number of hydrogen-bond acceptors (Lipinski definition) is 4. The number of nitrogens with two attached hydrogens (primary N) is 1. The summed E-state index contributed by atoms with van der Waals surface area (Å²) in [6.07, 6.45) is 4.23. The van der Waals surface area contributed by atoms with Gasteiger partial charge in [-0.1, -0.05) is 0 Å². The first-order valence-electron chi connectivity index (χ1n) is 7.64. The summed E-state index contributed by atoms with van der Waals surface area (Å²) in [5.41, 5.74) is 7.98. The zero-order valence-corrected chi connectivity index (χ0v) is 13.3. The summed E-state index contributed by atoms with van der Waals surface area (Å²) < 4.78 is 11.6. The standard InChI is InChI=1S/C16H25NO2S/c1-11-9-14(20-12(11)2)15(17)13-3-6-19-16(10-13)4-7-18-8-5-16/h9,13,15H,3-8,10,17H2,1-2H3. The van der Waals surface area contributed by atoms with Gasteiger partial charge in [-0.15, -0.1) is 11.3 Å². The molecule has 2 unspecified atom stereocenters.